The van der Waals surface area contributed by atoms with Crippen LogP contribution in [-0.2, 0) is 13.0 Å². The molecule has 2 nitrogen and oxygen atoms in total. The Morgan fingerprint density at radius 3 is 2.65 bits per heavy atom. The van der Waals surface area contributed by atoms with Gasteiger partial charge in [-0.1, -0.05) is 48.0 Å². The molecule has 2 rings (SSSR count). The van der Waals surface area contributed by atoms with Gasteiger partial charge in [-0.3, -0.25) is 4.68 Å². The van der Waals surface area contributed by atoms with Crippen molar-refractivity contribution in [2.24, 2.45) is 5.41 Å². The molecule has 3 heteroatoms. The zero-order valence-corrected chi connectivity index (χ0v) is 12.3. The van der Waals surface area contributed by atoms with E-state index in [0.29, 0.717) is 0 Å². The standard InChI is InChI=1S/C14H19BrN2/c1-4-17-13-8-6-5-7-11(13)12(16-17)9-14(2,3)10-15/h5-8H,4,9-10H2,1-3H3. The van der Waals surface area contributed by atoms with E-state index < -0.39 is 0 Å². The lowest BCUT2D eigenvalue weighted by Gasteiger charge is -2.20. The quantitative estimate of drug-likeness (QED) is 0.779. The predicted octanol–water partition coefficient (Wildman–Crippen LogP) is 4.02. The molecule has 0 unspecified atom stereocenters. The molecule has 2 aromatic rings. The van der Waals surface area contributed by atoms with Crippen LogP contribution in [0, 0.1) is 5.41 Å². The van der Waals surface area contributed by atoms with Crippen LogP contribution in [0.2, 0.25) is 0 Å². The van der Waals surface area contributed by atoms with Gasteiger partial charge in [0.05, 0.1) is 11.2 Å². The predicted molar refractivity (Wildman–Crippen MR) is 76.7 cm³/mol. The topological polar surface area (TPSA) is 17.8 Å². The molecular weight excluding hydrogens is 276 g/mol. The molecule has 92 valence electrons. The van der Waals surface area contributed by atoms with Crippen LogP contribution in [-0.4, -0.2) is 15.1 Å². The molecule has 0 atom stereocenters. The van der Waals surface area contributed by atoms with Gasteiger partial charge in [-0.25, -0.2) is 0 Å². The highest BCUT2D eigenvalue weighted by molar-refractivity contribution is 9.09. The number of aryl methyl sites for hydroxylation is 1. The molecule has 0 aliphatic heterocycles. The smallest absolute Gasteiger partial charge is 0.0709 e. The van der Waals surface area contributed by atoms with Crippen molar-refractivity contribution < 1.29 is 0 Å². The molecule has 0 spiro atoms. The minimum Gasteiger partial charge on any atom is -0.265 e. The summed E-state index contributed by atoms with van der Waals surface area (Å²) < 4.78 is 2.09. The average Bonchev–Trinajstić information content (AvgIpc) is 2.67. The number of benzene rings is 1. The Hall–Kier alpha value is -0.830. The van der Waals surface area contributed by atoms with Crippen LogP contribution in [0.4, 0.5) is 0 Å². The first kappa shape index (κ1) is 12.6. The average molecular weight is 295 g/mol. The van der Waals surface area contributed by atoms with Crippen molar-refractivity contribution in [2.75, 3.05) is 5.33 Å². The van der Waals surface area contributed by atoms with E-state index in [-0.39, 0.29) is 5.41 Å². The number of rotatable bonds is 4. The first-order chi connectivity index (χ1) is 8.07. The van der Waals surface area contributed by atoms with Crippen LogP contribution < -0.4 is 0 Å². The van der Waals surface area contributed by atoms with E-state index in [1.165, 1.54) is 16.6 Å². The summed E-state index contributed by atoms with van der Waals surface area (Å²) in [6.07, 6.45) is 1.01. The summed E-state index contributed by atoms with van der Waals surface area (Å²) in [5, 5.41) is 7.02. The highest BCUT2D eigenvalue weighted by atomic mass is 79.9. The largest absolute Gasteiger partial charge is 0.265 e. The maximum atomic E-state index is 4.74. The van der Waals surface area contributed by atoms with Crippen molar-refractivity contribution in [3.8, 4) is 0 Å². The van der Waals surface area contributed by atoms with Crippen LogP contribution >= 0.6 is 15.9 Å². The number of hydrogen-bond donors (Lipinski definition) is 0. The number of alkyl halides is 1. The lowest BCUT2D eigenvalue weighted by atomic mass is 9.89. The molecule has 0 aliphatic carbocycles. The molecule has 0 amide bonds. The Labute approximate surface area is 111 Å². The summed E-state index contributed by atoms with van der Waals surface area (Å²) >= 11 is 3.58. The second kappa shape index (κ2) is 4.81. The number of para-hydroxylation sites is 1. The molecule has 1 heterocycles. The highest BCUT2D eigenvalue weighted by Gasteiger charge is 2.20. The molecular formula is C14H19BrN2. The molecule has 1 aromatic heterocycles. The first-order valence-electron chi connectivity index (χ1n) is 6.08. The van der Waals surface area contributed by atoms with E-state index in [1.807, 2.05) is 0 Å². The van der Waals surface area contributed by atoms with Gasteiger partial charge in [-0.05, 0) is 24.8 Å². The summed E-state index contributed by atoms with van der Waals surface area (Å²) in [5.74, 6) is 0. The minimum absolute atomic E-state index is 0.246. The molecule has 1 aromatic carbocycles. The van der Waals surface area contributed by atoms with Gasteiger partial charge in [-0.15, -0.1) is 0 Å². The lowest BCUT2D eigenvalue weighted by molar-refractivity contribution is 0.418. The fourth-order valence-electron chi connectivity index (χ4n) is 2.07. The first-order valence-corrected chi connectivity index (χ1v) is 7.20. The second-order valence-corrected chi connectivity index (χ2v) is 5.81. The second-order valence-electron chi connectivity index (χ2n) is 5.25. The Morgan fingerprint density at radius 2 is 2.00 bits per heavy atom. The number of halogens is 1. The summed E-state index contributed by atoms with van der Waals surface area (Å²) in [4.78, 5) is 0. The third-order valence-electron chi connectivity index (χ3n) is 3.04. The van der Waals surface area contributed by atoms with Gasteiger partial charge in [0, 0.05) is 17.3 Å². The monoisotopic (exact) mass is 294 g/mol. The number of aromatic nitrogens is 2. The van der Waals surface area contributed by atoms with E-state index in [2.05, 4.69) is 65.6 Å². The van der Waals surface area contributed by atoms with Crippen molar-refractivity contribution in [3.63, 3.8) is 0 Å². The SMILES string of the molecule is CCn1nc(CC(C)(C)CBr)c2ccccc21. The summed E-state index contributed by atoms with van der Waals surface area (Å²) in [7, 11) is 0. The van der Waals surface area contributed by atoms with Crippen LogP contribution in [0.15, 0.2) is 24.3 Å². The van der Waals surface area contributed by atoms with Crippen molar-refractivity contribution in [2.45, 2.75) is 33.7 Å². The molecule has 0 saturated carbocycles. The van der Waals surface area contributed by atoms with E-state index in [1.54, 1.807) is 0 Å². The van der Waals surface area contributed by atoms with Crippen molar-refractivity contribution in [1.82, 2.24) is 9.78 Å². The Kier molecular flexibility index (Phi) is 3.57. The van der Waals surface area contributed by atoms with E-state index in [0.717, 1.165) is 18.3 Å². The van der Waals surface area contributed by atoms with Crippen molar-refractivity contribution in [3.05, 3.63) is 30.0 Å². The molecule has 0 radical (unpaired) electrons. The van der Waals surface area contributed by atoms with Crippen LogP contribution in [0.5, 0.6) is 0 Å². The zero-order valence-electron chi connectivity index (χ0n) is 10.7. The van der Waals surface area contributed by atoms with Gasteiger partial charge in [0.15, 0.2) is 0 Å². The normalized spacial score (nSPS) is 12.2. The highest BCUT2D eigenvalue weighted by Crippen LogP contribution is 2.28. The van der Waals surface area contributed by atoms with Gasteiger partial charge in [0.25, 0.3) is 0 Å². The van der Waals surface area contributed by atoms with Crippen LogP contribution in [0.3, 0.4) is 0 Å². The maximum absolute atomic E-state index is 4.74. The lowest BCUT2D eigenvalue weighted by Crippen LogP contribution is -2.17. The molecule has 0 fully saturated rings. The molecule has 0 saturated heterocycles. The van der Waals surface area contributed by atoms with Gasteiger partial charge >= 0.3 is 0 Å². The zero-order chi connectivity index (χ0) is 12.5. The molecule has 0 N–H and O–H groups in total. The van der Waals surface area contributed by atoms with Crippen LogP contribution in [0.1, 0.15) is 26.5 Å². The van der Waals surface area contributed by atoms with Crippen LogP contribution in [0.25, 0.3) is 10.9 Å². The third kappa shape index (κ3) is 2.54. The molecule has 17 heavy (non-hydrogen) atoms. The van der Waals surface area contributed by atoms with Crippen molar-refractivity contribution >= 4 is 26.8 Å². The van der Waals surface area contributed by atoms with E-state index >= 15 is 0 Å². The fraction of sp³-hybridized carbons (Fsp3) is 0.500. The Bertz CT molecular complexity index is 514. The van der Waals surface area contributed by atoms with Gasteiger partial charge < -0.3 is 0 Å². The third-order valence-corrected chi connectivity index (χ3v) is 4.56. The minimum atomic E-state index is 0.246. The van der Waals surface area contributed by atoms with Gasteiger partial charge in [0.1, 0.15) is 0 Å². The summed E-state index contributed by atoms with van der Waals surface area (Å²) in [6.45, 7) is 7.59. The molecule has 0 aliphatic rings. The number of nitrogens with zero attached hydrogens (tertiary/aromatic N) is 2. The maximum Gasteiger partial charge on any atom is 0.0709 e. The fourth-order valence-corrected chi connectivity index (χ4v) is 2.27. The number of hydrogen-bond acceptors (Lipinski definition) is 1. The Morgan fingerprint density at radius 1 is 1.29 bits per heavy atom. The Balaban J connectivity index is 2.47. The van der Waals surface area contributed by atoms with Gasteiger partial charge in [-0.2, -0.15) is 5.10 Å². The molecule has 0 bridgehead atoms. The number of fused-ring (bicyclic) bond motifs is 1. The summed E-state index contributed by atoms with van der Waals surface area (Å²) in [6, 6.07) is 8.49. The summed E-state index contributed by atoms with van der Waals surface area (Å²) in [5.41, 5.74) is 2.71. The van der Waals surface area contributed by atoms with Gasteiger partial charge in [0.2, 0.25) is 0 Å². The van der Waals surface area contributed by atoms with E-state index in [9.17, 15) is 0 Å². The van der Waals surface area contributed by atoms with E-state index in [4.69, 9.17) is 5.10 Å². The van der Waals surface area contributed by atoms with Crippen molar-refractivity contribution in [1.29, 1.82) is 0 Å².